The van der Waals surface area contributed by atoms with E-state index in [1.807, 2.05) is 0 Å². The molecule has 1 spiro atoms. The summed E-state index contributed by atoms with van der Waals surface area (Å²) in [6.07, 6.45) is 10.1. The summed E-state index contributed by atoms with van der Waals surface area (Å²) in [5, 5.41) is 0. The van der Waals surface area contributed by atoms with Crippen LogP contribution in [0.5, 0.6) is 0 Å². The third-order valence-corrected chi connectivity index (χ3v) is 5.00. The maximum Gasteiger partial charge on any atom is 0.257 e. The van der Waals surface area contributed by atoms with Gasteiger partial charge in [0.15, 0.2) is 0 Å². The Balaban J connectivity index is 1.55. The topological polar surface area (TPSA) is 79.5 Å². The van der Waals surface area contributed by atoms with Crippen LogP contribution in [0.1, 0.15) is 29.6 Å². The molecule has 7 nitrogen and oxygen atoms in total. The molecule has 0 bridgehead atoms. The van der Waals surface area contributed by atoms with Gasteiger partial charge in [-0.1, -0.05) is 0 Å². The first-order valence-corrected chi connectivity index (χ1v) is 8.08. The Morgan fingerprint density at radius 2 is 2.04 bits per heavy atom. The van der Waals surface area contributed by atoms with Crippen LogP contribution in [0.2, 0.25) is 0 Å². The minimum atomic E-state index is -0.493. The van der Waals surface area contributed by atoms with Gasteiger partial charge >= 0.3 is 0 Å². The van der Waals surface area contributed by atoms with Gasteiger partial charge < -0.3 is 14.2 Å². The van der Waals surface area contributed by atoms with Crippen molar-refractivity contribution in [3.05, 3.63) is 42.9 Å². The highest BCUT2D eigenvalue weighted by Gasteiger charge is 2.50. The molecule has 0 radical (unpaired) electrons. The summed E-state index contributed by atoms with van der Waals surface area (Å²) < 4.78 is 5.00. The maximum atomic E-state index is 13.1. The smallest absolute Gasteiger partial charge is 0.257 e. The van der Waals surface area contributed by atoms with E-state index in [9.17, 15) is 9.59 Å². The van der Waals surface area contributed by atoms with E-state index >= 15 is 0 Å². The fraction of sp³-hybridized carbons (Fsp3) is 0.412. The first kappa shape index (κ1) is 14.9. The number of carbonyl (C=O) groups is 2. The Morgan fingerprint density at radius 3 is 2.79 bits per heavy atom. The zero-order valence-corrected chi connectivity index (χ0v) is 13.2. The van der Waals surface area contributed by atoms with Crippen LogP contribution < -0.4 is 4.90 Å². The summed E-state index contributed by atoms with van der Waals surface area (Å²) in [7, 11) is 0. The summed E-state index contributed by atoms with van der Waals surface area (Å²) in [4.78, 5) is 37.1. The highest BCUT2D eigenvalue weighted by atomic mass is 16.3. The zero-order valence-electron chi connectivity index (χ0n) is 13.2. The molecule has 0 aromatic carbocycles. The molecular formula is C17H18N4O3. The van der Waals surface area contributed by atoms with Crippen LogP contribution >= 0.6 is 0 Å². The van der Waals surface area contributed by atoms with E-state index in [0.717, 1.165) is 24.9 Å². The van der Waals surface area contributed by atoms with Crippen LogP contribution in [0, 0.1) is 5.41 Å². The van der Waals surface area contributed by atoms with Crippen molar-refractivity contribution in [1.29, 1.82) is 0 Å². The van der Waals surface area contributed by atoms with Gasteiger partial charge in [-0.15, -0.1) is 0 Å². The van der Waals surface area contributed by atoms with E-state index in [1.54, 1.807) is 28.3 Å². The first-order chi connectivity index (χ1) is 11.7. The van der Waals surface area contributed by atoms with Crippen molar-refractivity contribution in [3.8, 4) is 0 Å². The van der Waals surface area contributed by atoms with Crippen LogP contribution in [-0.4, -0.2) is 46.3 Å². The fourth-order valence-corrected chi connectivity index (χ4v) is 3.75. The second-order valence-corrected chi connectivity index (χ2v) is 6.43. The molecule has 4 rings (SSSR count). The molecule has 0 saturated carbocycles. The highest BCUT2D eigenvalue weighted by Crippen LogP contribution is 2.41. The molecular weight excluding hydrogens is 308 g/mol. The first-order valence-electron chi connectivity index (χ1n) is 8.08. The quantitative estimate of drug-likeness (QED) is 0.839. The van der Waals surface area contributed by atoms with E-state index in [2.05, 4.69) is 9.97 Å². The number of rotatable bonds is 2. The molecule has 2 saturated heterocycles. The van der Waals surface area contributed by atoms with Crippen LogP contribution in [-0.2, 0) is 4.79 Å². The summed E-state index contributed by atoms with van der Waals surface area (Å²) in [5.74, 6) is -0.000821. The average Bonchev–Trinajstić information content (AvgIpc) is 3.26. The lowest BCUT2D eigenvalue weighted by Gasteiger charge is -2.38. The third kappa shape index (κ3) is 2.36. The molecule has 2 aliphatic heterocycles. The van der Waals surface area contributed by atoms with Gasteiger partial charge in [0, 0.05) is 19.6 Å². The second kappa shape index (κ2) is 5.74. The lowest BCUT2D eigenvalue weighted by Crippen LogP contribution is -2.49. The number of furan rings is 1. The van der Waals surface area contributed by atoms with Gasteiger partial charge in [-0.3, -0.25) is 9.59 Å². The summed E-state index contributed by atoms with van der Waals surface area (Å²) in [5.41, 5.74) is 0.761. The lowest BCUT2D eigenvalue weighted by molar-refractivity contribution is -0.127. The number of aromatic nitrogens is 2. The van der Waals surface area contributed by atoms with Crippen LogP contribution in [0.25, 0.3) is 0 Å². The maximum absolute atomic E-state index is 13.1. The number of hydrogen-bond acceptors (Lipinski definition) is 5. The van der Waals surface area contributed by atoms with Crippen molar-refractivity contribution >= 4 is 17.5 Å². The van der Waals surface area contributed by atoms with Gasteiger partial charge in [-0.25, -0.2) is 9.97 Å². The molecule has 2 aliphatic rings. The van der Waals surface area contributed by atoms with Gasteiger partial charge in [0.25, 0.3) is 5.91 Å². The molecule has 1 atom stereocenters. The van der Waals surface area contributed by atoms with Crippen LogP contribution in [0.3, 0.4) is 0 Å². The average molecular weight is 326 g/mol. The van der Waals surface area contributed by atoms with E-state index in [-0.39, 0.29) is 11.8 Å². The molecule has 2 aromatic rings. The Morgan fingerprint density at radius 1 is 1.21 bits per heavy atom. The van der Waals surface area contributed by atoms with Crippen molar-refractivity contribution in [2.45, 2.75) is 19.3 Å². The second-order valence-electron chi connectivity index (χ2n) is 6.43. The lowest BCUT2D eigenvalue weighted by atomic mass is 9.78. The van der Waals surface area contributed by atoms with Crippen LogP contribution in [0.4, 0.5) is 5.69 Å². The monoisotopic (exact) mass is 326 g/mol. The van der Waals surface area contributed by atoms with Crippen molar-refractivity contribution in [2.24, 2.45) is 5.41 Å². The van der Waals surface area contributed by atoms with Gasteiger partial charge in [0.2, 0.25) is 5.91 Å². The molecule has 124 valence electrons. The number of nitrogens with zero attached hydrogens (tertiary/aromatic N) is 4. The Hall–Kier alpha value is -2.70. The number of hydrogen-bond donors (Lipinski definition) is 0. The molecule has 4 heterocycles. The van der Waals surface area contributed by atoms with Gasteiger partial charge in [0.1, 0.15) is 12.6 Å². The van der Waals surface area contributed by atoms with Crippen molar-refractivity contribution < 1.29 is 14.0 Å². The zero-order chi connectivity index (χ0) is 16.6. The molecule has 2 aromatic heterocycles. The normalized spacial score (nSPS) is 23.9. The SMILES string of the molecule is O=C(c1ccoc1)N1CCC[C@@]2(CCN(c3cncnc3)C2=O)C1. The minimum absolute atomic E-state index is 0.0713. The van der Waals surface area contributed by atoms with Gasteiger partial charge in [-0.05, 0) is 25.3 Å². The summed E-state index contributed by atoms with van der Waals surface area (Å²) in [6.45, 7) is 1.77. The Labute approximate surface area is 139 Å². The van der Waals surface area contributed by atoms with Crippen molar-refractivity contribution in [3.63, 3.8) is 0 Å². The predicted molar refractivity (Wildman–Crippen MR) is 85.3 cm³/mol. The standard InChI is InChI=1S/C17H18N4O3/c22-15(13-2-7-24-10-13)20-5-1-3-17(11-20)4-6-21(16(17)23)14-8-18-12-19-9-14/h2,7-10,12H,1,3-6,11H2/t17-/m1/s1. The van der Waals surface area contributed by atoms with Gasteiger partial charge in [0.05, 0.1) is 35.3 Å². The van der Waals surface area contributed by atoms with E-state index in [0.29, 0.717) is 25.2 Å². The highest BCUT2D eigenvalue weighted by molar-refractivity contribution is 6.01. The number of amides is 2. The van der Waals surface area contributed by atoms with Crippen molar-refractivity contribution in [1.82, 2.24) is 14.9 Å². The van der Waals surface area contributed by atoms with E-state index < -0.39 is 5.41 Å². The predicted octanol–water partition coefficient (Wildman–Crippen LogP) is 1.73. The minimum Gasteiger partial charge on any atom is -0.472 e. The number of likely N-dealkylation sites (tertiary alicyclic amines) is 1. The summed E-state index contributed by atoms with van der Waals surface area (Å²) >= 11 is 0. The Bertz CT molecular complexity index is 746. The van der Waals surface area contributed by atoms with Crippen LogP contribution in [0.15, 0.2) is 41.7 Å². The third-order valence-electron chi connectivity index (χ3n) is 5.00. The number of anilines is 1. The number of piperidine rings is 1. The Kier molecular flexibility index (Phi) is 3.55. The van der Waals surface area contributed by atoms with Gasteiger partial charge in [-0.2, -0.15) is 0 Å². The molecule has 2 fully saturated rings. The molecule has 7 heteroatoms. The molecule has 24 heavy (non-hydrogen) atoms. The molecule has 0 N–H and O–H groups in total. The largest absolute Gasteiger partial charge is 0.472 e. The molecule has 0 unspecified atom stereocenters. The van der Waals surface area contributed by atoms with E-state index in [1.165, 1.54) is 18.9 Å². The van der Waals surface area contributed by atoms with Crippen molar-refractivity contribution in [2.75, 3.05) is 24.5 Å². The molecule has 0 aliphatic carbocycles. The number of carbonyl (C=O) groups excluding carboxylic acids is 2. The molecule has 2 amide bonds. The van der Waals surface area contributed by atoms with E-state index in [4.69, 9.17) is 4.42 Å². The summed E-state index contributed by atoms with van der Waals surface area (Å²) in [6, 6.07) is 1.66. The fourth-order valence-electron chi connectivity index (χ4n) is 3.75.